The summed E-state index contributed by atoms with van der Waals surface area (Å²) in [5.74, 6) is -2.38. The van der Waals surface area contributed by atoms with E-state index in [1.54, 1.807) is 0 Å². The van der Waals surface area contributed by atoms with E-state index >= 15 is 0 Å². The zero-order chi connectivity index (χ0) is 23.6. The molecular weight excluding hydrogens is 429 g/mol. The van der Waals surface area contributed by atoms with Crippen LogP contribution in [0.15, 0.2) is 64.9 Å². The molecule has 0 unspecified atom stereocenters. The van der Waals surface area contributed by atoms with E-state index in [9.17, 15) is 27.6 Å². The summed E-state index contributed by atoms with van der Waals surface area (Å²) in [6, 6.07) is 9.42. The van der Waals surface area contributed by atoms with Crippen LogP contribution in [-0.4, -0.2) is 28.6 Å². The molecule has 8 nitrogen and oxygen atoms in total. The van der Waals surface area contributed by atoms with Gasteiger partial charge in [0.2, 0.25) is 0 Å². The summed E-state index contributed by atoms with van der Waals surface area (Å²) >= 11 is 0. The summed E-state index contributed by atoms with van der Waals surface area (Å²) in [7, 11) is 0. The molecule has 0 saturated heterocycles. The van der Waals surface area contributed by atoms with Gasteiger partial charge in [0.1, 0.15) is 0 Å². The molecule has 0 bridgehead atoms. The number of hydrazone groups is 1. The van der Waals surface area contributed by atoms with Crippen molar-refractivity contribution in [1.29, 1.82) is 0 Å². The van der Waals surface area contributed by atoms with Crippen molar-refractivity contribution in [2.45, 2.75) is 20.0 Å². The lowest BCUT2D eigenvalue weighted by Crippen LogP contribution is -2.37. The monoisotopic (exact) mass is 446 g/mol. The summed E-state index contributed by atoms with van der Waals surface area (Å²) < 4.78 is 38.9. The van der Waals surface area contributed by atoms with Crippen molar-refractivity contribution in [2.24, 2.45) is 5.10 Å². The molecule has 0 aliphatic carbocycles. The van der Waals surface area contributed by atoms with Gasteiger partial charge in [0.15, 0.2) is 0 Å². The number of nitrogens with zero attached hydrogens (tertiary/aromatic N) is 2. The van der Waals surface area contributed by atoms with E-state index in [4.69, 9.17) is 5.11 Å². The topological polar surface area (TPSA) is 111 Å². The minimum absolute atomic E-state index is 0.0193. The number of hydrogen-bond acceptors (Lipinski definition) is 5. The highest BCUT2D eigenvalue weighted by atomic mass is 19.4. The number of carboxylic acids is 1. The quantitative estimate of drug-likeness (QED) is 0.482. The molecule has 1 aliphatic heterocycles. The van der Waals surface area contributed by atoms with Crippen molar-refractivity contribution in [3.63, 3.8) is 0 Å². The van der Waals surface area contributed by atoms with Gasteiger partial charge in [0, 0.05) is 11.3 Å². The molecule has 0 radical (unpaired) electrons. The van der Waals surface area contributed by atoms with E-state index in [0.717, 1.165) is 17.1 Å². The number of halogens is 3. The van der Waals surface area contributed by atoms with E-state index in [0.29, 0.717) is 0 Å². The van der Waals surface area contributed by atoms with Crippen LogP contribution < -0.4 is 15.9 Å². The molecule has 0 saturated carbocycles. The Kier molecular flexibility index (Phi) is 6.01. The third-order valence-corrected chi connectivity index (χ3v) is 4.57. The molecular formula is C21H17F3N4O4. The minimum Gasteiger partial charge on any atom is -0.478 e. The van der Waals surface area contributed by atoms with E-state index < -0.39 is 29.5 Å². The summed E-state index contributed by atoms with van der Waals surface area (Å²) in [5.41, 5.74) is 4.76. The predicted octanol–water partition coefficient (Wildman–Crippen LogP) is 3.33. The van der Waals surface area contributed by atoms with Crippen LogP contribution in [0.3, 0.4) is 0 Å². The third-order valence-electron chi connectivity index (χ3n) is 4.57. The van der Waals surface area contributed by atoms with Crippen molar-refractivity contribution in [3.05, 3.63) is 76.5 Å². The molecule has 2 aromatic rings. The minimum atomic E-state index is -4.57. The van der Waals surface area contributed by atoms with Gasteiger partial charge in [-0.3, -0.25) is 15.0 Å². The smallest absolute Gasteiger partial charge is 0.416 e. The van der Waals surface area contributed by atoms with E-state index in [1.165, 1.54) is 50.2 Å². The number of alkyl halides is 3. The average Bonchev–Trinajstić information content (AvgIpc) is 3.05. The highest BCUT2D eigenvalue weighted by Crippen LogP contribution is 2.33. The number of carboxylic acid groups (broad SMARTS) is 1. The first-order chi connectivity index (χ1) is 15.0. The van der Waals surface area contributed by atoms with E-state index in [2.05, 4.69) is 16.0 Å². The van der Waals surface area contributed by atoms with Crippen molar-refractivity contribution in [1.82, 2.24) is 10.9 Å². The maximum Gasteiger partial charge on any atom is 0.416 e. The van der Waals surface area contributed by atoms with Crippen LogP contribution in [0, 0.1) is 0 Å². The number of benzene rings is 2. The number of rotatable bonds is 5. The van der Waals surface area contributed by atoms with Crippen LogP contribution in [0.1, 0.15) is 40.1 Å². The first-order valence-corrected chi connectivity index (χ1v) is 9.17. The summed E-state index contributed by atoms with van der Waals surface area (Å²) in [6.07, 6.45) is -4.57. The summed E-state index contributed by atoms with van der Waals surface area (Å²) in [5, 5.41) is 13.8. The number of amides is 2. The van der Waals surface area contributed by atoms with Gasteiger partial charge in [0.25, 0.3) is 11.8 Å². The molecule has 0 aromatic heterocycles. The molecule has 1 aliphatic rings. The molecule has 0 atom stereocenters. The van der Waals surface area contributed by atoms with Crippen molar-refractivity contribution >= 4 is 29.2 Å². The molecule has 166 valence electrons. The normalized spacial score (nSPS) is 15.3. The number of aromatic carboxylic acids is 1. The molecule has 32 heavy (non-hydrogen) atoms. The fourth-order valence-corrected chi connectivity index (χ4v) is 2.98. The molecule has 1 heterocycles. The number of nitrogens with one attached hydrogen (secondary N) is 2. The Morgan fingerprint density at radius 1 is 1.03 bits per heavy atom. The van der Waals surface area contributed by atoms with Gasteiger partial charge in [-0.05, 0) is 56.3 Å². The molecule has 0 fully saturated rings. The molecule has 3 N–H and O–H groups in total. The Hall–Kier alpha value is -4.15. The lowest BCUT2D eigenvalue weighted by atomic mass is 10.1. The van der Waals surface area contributed by atoms with Crippen molar-refractivity contribution < 1.29 is 32.7 Å². The Balaban J connectivity index is 1.75. The van der Waals surface area contributed by atoms with Gasteiger partial charge in [-0.25, -0.2) is 4.79 Å². The second-order valence-electron chi connectivity index (χ2n) is 6.81. The van der Waals surface area contributed by atoms with Gasteiger partial charge in [0.05, 0.1) is 28.1 Å². The molecule has 0 spiro atoms. The van der Waals surface area contributed by atoms with Crippen LogP contribution in [0.25, 0.3) is 0 Å². The first-order valence-electron chi connectivity index (χ1n) is 9.17. The van der Waals surface area contributed by atoms with Gasteiger partial charge in [-0.15, -0.1) is 0 Å². The van der Waals surface area contributed by atoms with Crippen LogP contribution >= 0.6 is 0 Å². The highest BCUT2D eigenvalue weighted by molar-refractivity contribution is 6.30. The van der Waals surface area contributed by atoms with Crippen LogP contribution in [0.5, 0.6) is 0 Å². The van der Waals surface area contributed by atoms with Gasteiger partial charge < -0.3 is 10.5 Å². The average molecular weight is 446 g/mol. The standard InChI is InChI=1S/C21H17F3N4O4/c1-11(25-26-18(29)13-6-8-14(9-7-13)20(31)32)17-12(2)27-28(19(17)30)16-5-3-4-15(10-16)21(22,23)24/h3-10,25H,1-2H3,(H,26,29)(H,31,32)/b17-11-. The van der Waals surface area contributed by atoms with E-state index in [-0.39, 0.29) is 33.8 Å². The van der Waals surface area contributed by atoms with Crippen LogP contribution in [-0.2, 0) is 11.0 Å². The van der Waals surface area contributed by atoms with E-state index in [1.807, 2.05) is 0 Å². The van der Waals surface area contributed by atoms with Crippen LogP contribution in [0.4, 0.5) is 18.9 Å². The van der Waals surface area contributed by atoms with Crippen molar-refractivity contribution in [2.75, 3.05) is 5.01 Å². The maximum absolute atomic E-state index is 13.0. The Morgan fingerprint density at radius 2 is 1.66 bits per heavy atom. The Bertz CT molecular complexity index is 1150. The fourth-order valence-electron chi connectivity index (χ4n) is 2.98. The second-order valence-corrected chi connectivity index (χ2v) is 6.81. The van der Waals surface area contributed by atoms with Crippen LogP contribution in [0.2, 0.25) is 0 Å². The molecule has 2 amide bonds. The maximum atomic E-state index is 13.0. The number of allylic oxidation sites excluding steroid dienone is 1. The Morgan fingerprint density at radius 3 is 2.25 bits per heavy atom. The second kappa shape index (κ2) is 8.53. The highest BCUT2D eigenvalue weighted by Gasteiger charge is 2.34. The third kappa shape index (κ3) is 4.61. The molecule has 11 heteroatoms. The predicted molar refractivity (Wildman–Crippen MR) is 109 cm³/mol. The first kappa shape index (κ1) is 22.5. The lowest BCUT2D eigenvalue weighted by molar-refractivity contribution is -0.137. The molecule has 2 aromatic carbocycles. The van der Waals surface area contributed by atoms with Gasteiger partial charge in [-0.1, -0.05) is 6.07 Å². The number of hydrogen-bond donors (Lipinski definition) is 3. The van der Waals surface area contributed by atoms with Crippen molar-refractivity contribution in [3.8, 4) is 0 Å². The molecule has 3 rings (SSSR count). The number of carbonyl (C=O) groups excluding carboxylic acids is 2. The zero-order valence-electron chi connectivity index (χ0n) is 16.8. The number of carbonyl (C=O) groups is 3. The number of hydrazine groups is 1. The summed E-state index contributed by atoms with van der Waals surface area (Å²) in [6.45, 7) is 3.01. The van der Waals surface area contributed by atoms with Gasteiger partial charge >= 0.3 is 12.1 Å². The zero-order valence-corrected chi connectivity index (χ0v) is 16.8. The largest absolute Gasteiger partial charge is 0.478 e. The lowest BCUT2D eigenvalue weighted by Gasteiger charge is -2.15. The van der Waals surface area contributed by atoms with Gasteiger partial charge in [-0.2, -0.15) is 23.3 Å². The summed E-state index contributed by atoms with van der Waals surface area (Å²) in [4.78, 5) is 35.9. The number of anilines is 1. The fraction of sp³-hybridized carbons (Fsp3) is 0.143. The Labute approximate surface area is 180 Å². The SMILES string of the molecule is CC1=NN(c2cccc(C(F)(F)F)c2)C(=O)/C1=C(/C)NNC(=O)c1ccc(C(=O)O)cc1.